The van der Waals surface area contributed by atoms with Gasteiger partial charge in [-0.05, 0) is 37.1 Å². The molecule has 7 heterocycles. The monoisotopic (exact) mass is 701 g/mol. The lowest BCUT2D eigenvalue weighted by Crippen LogP contribution is -2.48. The molecule has 3 amide bonds. The number of rotatable bonds is 9. The maximum atomic E-state index is 12.9. The van der Waals surface area contributed by atoms with Crippen LogP contribution in [0.15, 0.2) is 60.9 Å². The number of aryl methyl sites for hydroxylation is 1. The van der Waals surface area contributed by atoms with Crippen LogP contribution in [-0.2, 0) is 20.1 Å². The molecule has 52 heavy (non-hydrogen) atoms. The average molecular weight is 702 g/mol. The zero-order valence-corrected chi connectivity index (χ0v) is 29.2. The molecule has 1 aromatic carbocycles. The van der Waals surface area contributed by atoms with Gasteiger partial charge in [0.1, 0.15) is 5.69 Å². The maximum absolute atomic E-state index is 12.9. The number of fused-ring (bicyclic) bond motifs is 3. The molecular weight excluding hydrogens is 662 g/mol. The number of carbonyl (C=O) groups is 3. The van der Waals surface area contributed by atoms with E-state index in [1.807, 2.05) is 48.5 Å². The van der Waals surface area contributed by atoms with Crippen molar-refractivity contribution in [3.63, 3.8) is 0 Å². The lowest BCUT2D eigenvalue weighted by atomic mass is 9.97. The second kappa shape index (κ2) is 13.5. The molecule has 0 bridgehead atoms. The third-order valence-electron chi connectivity index (χ3n) is 9.78. The highest BCUT2D eigenvalue weighted by Crippen LogP contribution is 2.45. The molecule has 0 aliphatic carbocycles. The highest BCUT2D eigenvalue weighted by molar-refractivity contribution is 6.04. The van der Waals surface area contributed by atoms with Crippen LogP contribution in [0.2, 0.25) is 0 Å². The smallest absolute Gasteiger partial charge is 0.277 e. The number of anilines is 4. The summed E-state index contributed by atoms with van der Waals surface area (Å²) in [5.41, 5.74) is 6.99. The molecule has 2 saturated heterocycles. The SMILES string of the molecule is CNC(=O)c1nnc(NC(=O)c2ccn(C)n2)cc1Nc1cccc2c1N(C)Cc1c-2cnn1C1CN(Cc2cccc(C(=O)N3CCCC3)n2)C1. The van der Waals surface area contributed by atoms with Crippen molar-refractivity contribution in [1.29, 1.82) is 0 Å². The van der Waals surface area contributed by atoms with E-state index in [0.29, 0.717) is 24.5 Å². The molecule has 8 rings (SSSR count). The second-order valence-corrected chi connectivity index (χ2v) is 13.4. The quantitative estimate of drug-likeness (QED) is 0.206. The van der Waals surface area contributed by atoms with Crippen molar-refractivity contribution in [2.45, 2.75) is 32.0 Å². The number of pyridine rings is 1. The molecule has 3 aliphatic heterocycles. The first kappa shape index (κ1) is 33.0. The number of hydrogen-bond acceptors (Lipinski definition) is 11. The Kier molecular flexibility index (Phi) is 8.58. The average Bonchev–Trinajstić information content (AvgIpc) is 3.92. The molecule has 5 aromatic rings. The molecule has 16 heteroatoms. The number of para-hydroxylation sites is 1. The summed E-state index contributed by atoms with van der Waals surface area (Å²) in [5.74, 6) is -0.681. The van der Waals surface area contributed by atoms with E-state index in [9.17, 15) is 14.4 Å². The number of carbonyl (C=O) groups excluding carboxylic acids is 3. The van der Waals surface area contributed by atoms with Crippen LogP contribution >= 0.6 is 0 Å². The number of likely N-dealkylation sites (tertiary alicyclic amines) is 2. The van der Waals surface area contributed by atoms with E-state index in [-0.39, 0.29) is 29.2 Å². The van der Waals surface area contributed by atoms with E-state index in [1.54, 1.807) is 25.4 Å². The Hall–Kier alpha value is -6.16. The Balaban J connectivity index is 0.994. The van der Waals surface area contributed by atoms with Gasteiger partial charge in [0.15, 0.2) is 17.2 Å². The van der Waals surface area contributed by atoms with Gasteiger partial charge in [-0.2, -0.15) is 10.2 Å². The van der Waals surface area contributed by atoms with Gasteiger partial charge >= 0.3 is 0 Å². The lowest BCUT2D eigenvalue weighted by molar-refractivity contribution is 0.0780. The van der Waals surface area contributed by atoms with Crippen LogP contribution in [-0.4, -0.2) is 103 Å². The highest BCUT2D eigenvalue weighted by atomic mass is 16.2. The minimum absolute atomic E-state index is 0.0194. The van der Waals surface area contributed by atoms with Crippen LogP contribution in [0.1, 0.15) is 61.7 Å². The largest absolute Gasteiger partial charge is 0.366 e. The van der Waals surface area contributed by atoms with Gasteiger partial charge in [0.2, 0.25) is 0 Å². The Bertz CT molecular complexity index is 2180. The predicted octanol–water partition coefficient (Wildman–Crippen LogP) is 3.07. The van der Waals surface area contributed by atoms with Crippen molar-refractivity contribution >= 4 is 40.6 Å². The van der Waals surface area contributed by atoms with E-state index < -0.39 is 11.8 Å². The Morgan fingerprint density at radius 2 is 1.71 bits per heavy atom. The van der Waals surface area contributed by atoms with E-state index in [2.05, 4.69) is 51.8 Å². The van der Waals surface area contributed by atoms with Crippen molar-refractivity contribution in [3.8, 4) is 11.1 Å². The molecule has 16 nitrogen and oxygen atoms in total. The Morgan fingerprint density at radius 3 is 2.48 bits per heavy atom. The number of amides is 3. The third kappa shape index (κ3) is 6.21. The molecule has 266 valence electrons. The molecule has 3 aliphatic rings. The Morgan fingerprint density at radius 1 is 0.904 bits per heavy atom. The second-order valence-electron chi connectivity index (χ2n) is 13.4. The van der Waals surface area contributed by atoms with Crippen LogP contribution in [0, 0.1) is 0 Å². The minimum atomic E-state index is -0.445. The van der Waals surface area contributed by atoms with Crippen LogP contribution in [0.5, 0.6) is 0 Å². The van der Waals surface area contributed by atoms with Crippen molar-refractivity contribution in [3.05, 3.63) is 89.4 Å². The first-order chi connectivity index (χ1) is 25.2. The summed E-state index contributed by atoms with van der Waals surface area (Å²) >= 11 is 0. The number of nitrogens with zero attached hydrogens (tertiary/aromatic N) is 10. The summed E-state index contributed by atoms with van der Waals surface area (Å²) in [7, 11) is 5.28. The van der Waals surface area contributed by atoms with Gasteiger partial charge in [-0.15, -0.1) is 10.2 Å². The summed E-state index contributed by atoms with van der Waals surface area (Å²) in [6.07, 6.45) is 5.71. The molecule has 0 unspecified atom stereocenters. The summed E-state index contributed by atoms with van der Waals surface area (Å²) in [6.45, 7) is 4.57. The molecule has 0 radical (unpaired) electrons. The van der Waals surface area contributed by atoms with Gasteiger partial charge in [0.25, 0.3) is 17.7 Å². The molecule has 0 atom stereocenters. The number of benzene rings is 1. The van der Waals surface area contributed by atoms with Gasteiger partial charge in [0, 0.05) is 77.3 Å². The standard InChI is InChI=1S/C36H39N13O3/c1-37-35(51)32-29(16-31(42-43-32)41-34(50)27-12-15-46(3)44-27)40-26-10-7-9-24-25-17-38-49(30(25)21-45(2)33(24)26)23-19-47(20-23)18-22-8-6-11-28(39-22)36(52)48-13-4-5-14-48/h6-12,15-17,23H,4-5,13-14,18-21H2,1-3H3,(H,37,51)(H2,40,41,42,50). The number of aromatic nitrogens is 7. The fourth-order valence-electron chi connectivity index (χ4n) is 7.18. The number of hydrogen-bond donors (Lipinski definition) is 3. The summed E-state index contributed by atoms with van der Waals surface area (Å²) in [4.78, 5) is 49.6. The van der Waals surface area contributed by atoms with E-state index in [0.717, 1.165) is 72.9 Å². The summed E-state index contributed by atoms with van der Waals surface area (Å²) in [5, 5.41) is 26.0. The van der Waals surface area contributed by atoms with Crippen LogP contribution in [0.4, 0.5) is 22.9 Å². The van der Waals surface area contributed by atoms with Gasteiger partial charge in [-0.1, -0.05) is 18.2 Å². The van der Waals surface area contributed by atoms with Crippen LogP contribution < -0.4 is 20.9 Å². The topological polar surface area (TPSA) is 171 Å². The first-order valence-electron chi connectivity index (χ1n) is 17.3. The van der Waals surface area contributed by atoms with E-state index in [4.69, 9.17) is 10.1 Å². The lowest BCUT2D eigenvalue weighted by Gasteiger charge is -2.40. The van der Waals surface area contributed by atoms with Gasteiger partial charge in [0.05, 0.1) is 47.2 Å². The predicted molar refractivity (Wildman–Crippen MR) is 193 cm³/mol. The summed E-state index contributed by atoms with van der Waals surface area (Å²) in [6, 6.07) is 15.1. The Labute approximate surface area is 299 Å². The van der Waals surface area contributed by atoms with Gasteiger partial charge in [-0.3, -0.25) is 28.6 Å². The van der Waals surface area contributed by atoms with E-state index >= 15 is 0 Å². The van der Waals surface area contributed by atoms with Crippen molar-refractivity contribution in [2.75, 3.05) is 55.8 Å². The van der Waals surface area contributed by atoms with E-state index in [1.165, 1.54) is 11.7 Å². The first-order valence-corrected chi connectivity index (χ1v) is 17.3. The molecule has 4 aromatic heterocycles. The number of nitrogens with one attached hydrogen (secondary N) is 3. The third-order valence-corrected chi connectivity index (χ3v) is 9.78. The maximum Gasteiger partial charge on any atom is 0.277 e. The molecule has 3 N–H and O–H groups in total. The summed E-state index contributed by atoms with van der Waals surface area (Å²) < 4.78 is 3.67. The van der Waals surface area contributed by atoms with Gasteiger partial charge < -0.3 is 25.8 Å². The molecule has 0 spiro atoms. The fourth-order valence-corrected chi connectivity index (χ4v) is 7.18. The molecular formula is C36H39N13O3. The van der Waals surface area contributed by atoms with Crippen LogP contribution in [0.25, 0.3) is 11.1 Å². The van der Waals surface area contributed by atoms with Crippen LogP contribution in [0.3, 0.4) is 0 Å². The fraction of sp³-hybridized carbons (Fsp3) is 0.333. The van der Waals surface area contributed by atoms with Crippen molar-refractivity contribution < 1.29 is 14.4 Å². The zero-order valence-electron chi connectivity index (χ0n) is 29.2. The van der Waals surface area contributed by atoms with Crippen molar-refractivity contribution in [2.24, 2.45) is 7.05 Å². The normalized spacial score (nSPS) is 15.5. The zero-order chi connectivity index (χ0) is 35.9. The van der Waals surface area contributed by atoms with Crippen molar-refractivity contribution in [1.82, 2.24) is 49.9 Å². The highest BCUT2D eigenvalue weighted by Gasteiger charge is 2.34. The molecule has 2 fully saturated rings. The minimum Gasteiger partial charge on any atom is -0.366 e. The van der Waals surface area contributed by atoms with Gasteiger partial charge in [-0.25, -0.2) is 4.98 Å². The molecule has 0 saturated carbocycles.